The minimum atomic E-state index is -1.40. The molecule has 1 aromatic rings. The summed E-state index contributed by atoms with van der Waals surface area (Å²) in [6.07, 6.45) is 4.43. The molecule has 0 aliphatic carbocycles. The highest BCUT2D eigenvalue weighted by Crippen LogP contribution is 2.33. The fraction of sp³-hybridized carbons (Fsp3) is 0.583. The fourth-order valence-electron chi connectivity index (χ4n) is 3.72. The summed E-state index contributed by atoms with van der Waals surface area (Å²) in [5.41, 5.74) is 5.84. The summed E-state index contributed by atoms with van der Waals surface area (Å²) in [6, 6.07) is 1.15. The fourth-order valence-corrected chi connectivity index (χ4v) is 3.88. The number of benzene rings is 1. The predicted octanol–water partition coefficient (Wildman–Crippen LogP) is 3.14. The highest BCUT2D eigenvalue weighted by molar-refractivity contribution is 7.80. The maximum atomic E-state index is 15.3. The van der Waals surface area contributed by atoms with E-state index < -0.39 is 24.4 Å². The number of rotatable bonds is 12. The smallest absolute Gasteiger partial charge is 0.185 e. The molecule has 0 saturated carbocycles. The number of nitrogens with one attached hydrogen (secondary N) is 3. The van der Waals surface area contributed by atoms with Crippen LogP contribution in [-0.2, 0) is 0 Å². The summed E-state index contributed by atoms with van der Waals surface area (Å²) < 4.78 is 42.9. The number of anilines is 1. The summed E-state index contributed by atoms with van der Waals surface area (Å²) in [4.78, 5) is 7.72. The molecule has 35 heavy (non-hydrogen) atoms. The maximum Gasteiger partial charge on any atom is 0.185 e. The number of halogens is 3. The van der Waals surface area contributed by atoms with Crippen molar-refractivity contribution in [1.29, 1.82) is 0 Å². The number of nitrogens with zero attached hydrogens (tertiary/aromatic N) is 3. The zero-order chi connectivity index (χ0) is 25.8. The Bertz CT molecular complexity index is 891. The number of hydrogen-bond donors (Lipinski definition) is 4. The van der Waals surface area contributed by atoms with Crippen LogP contribution in [0.2, 0.25) is 0 Å². The van der Waals surface area contributed by atoms with Gasteiger partial charge in [0.15, 0.2) is 10.9 Å². The number of alkyl halides is 1. The van der Waals surface area contributed by atoms with Gasteiger partial charge >= 0.3 is 0 Å². The third kappa shape index (κ3) is 8.66. The number of aliphatic hydroxyl groups is 1. The molecular weight excluding hydrogens is 477 g/mol. The molecule has 1 saturated heterocycles. The summed E-state index contributed by atoms with van der Waals surface area (Å²) in [6.45, 7) is 5.99. The summed E-state index contributed by atoms with van der Waals surface area (Å²) in [5, 5.41) is 14.4. The third-order valence-corrected chi connectivity index (χ3v) is 6.10. The molecule has 196 valence electrons. The van der Waals surface area contributed by atoms with Crippen molar-refractivity contribution in [2.24, 2.45) is 4.99 Å². The van der Waals surface area contributed by atoms with E-state index in [0.717, 1.165) is 31.9 Å². The molecule has 0 aromatic heterocycles. The lowest BCUT2D eigenvalue weighted by Gasteiger charge is -2.35. The zero-order valence-corrected chi connectivity index (χ0v) is 21.5. The molecule has 11 heteroatoms. The van der Waals surface area contributed by atoms with E-state index in [1.807, 2.05) is 7.05 Å². The van der Waals surface area contributed by atoms with Crippen molar-refractivity contribution in [1.82, 2.24) is 21.1 Å². The average Bonchev–Trinajstić information content (AvgIpc) is 2.84. The number of hydrogen-bond acceptors (Lipinski definition) is 6. The molecule has 1 fully saturated rings. The molecule has 0 bridgehead atoms. The van der Waals surface area contributed by atoms with Crippen molar-refractivity contribution < 1.29 is 18.3 Å². The monoisotopic (exact) mass is 514 g/mol. The number of likely N-dealkylation sites (N-methyl/N-ethyl adjacent to an activating group) is 1. The van der Waals surface area contributed by atoms with Crippen molar-refractivity contribution >= 4 is 29.2 Å². The highest BCUT2D eigenvalue weighted by Gasteiger charge is 2.26. The SMILES string of the molecule is CCCCCNC(=S)NNC=C(C=NCCF)C(O)c1cc(F)c(N2CCN(C)CC2)c(F)c1C. The molecule has 4 N–H and O–H groups in total. The van der Waals surface area contributed by atoms with Gasteiger partial charge in [0.25, 0.3) is 0 Å². The normalized spacial score (nSPS) is 16.0. The Balaban J connectivity index is 2.20. The van der Waals surface area contributed by atoms with Crippen LogP contribution in [0.1, 0.15) is 43.4 Å². The second-order valence-electron chi connectivity index (χ2n) is 8.53. The van der Waals surface area contributed by atoms with Crippen LogP contribution in [0.5, 0.6) is 0 Å². The van der Waals surface area contributed by atoms with Crippen LogP contribution in [0.4, 0.5) is 18.9 Å². The van der Waals surface area contributed by atoms with Crippen molar-refractivity contribution in [3.8, 4) is 0 Å². The minimum Gasteiger partial charge on any atom is -0.384 e. The van der Waals surface area contributed by atoms with E-state index in [0.29, 0.717) is 31.3 Å². The number of piperazine rings is 1. The van der Waals surface area contributed by atoms with Crippen molar-refractivity contribution in [2.75, 3.05) is 57.9 Å². The van der Waals surface area contributed by atoms with Gasteiger partial charge in [0.05, 0.1) is 6.54 Å². The number of thiocarbonyl (C=S) groups is 1. The Morgan fingerprint density at radius 3 is 2.63 bits per heavy atom. The lowest BCUT2D eigenvalue weighted by Crippen LogP contribution is -2.45. The summed E-state index contributed by atoms with van der Waals surface area (Å²) >= 11 is 5.19. The zero-order valence-electron chi connectivity index (χ0n) is 20.7. The van der Waals surface area contributed by atoms with E-state index in [4.69, 9.17) is 12.2 Å². The molecule has 1 aliphatic rings. The van der Waals surface area contributed by atoms with Gasteiger partial charge in [0.1, 0.15) is 24.3 Å². The van der Waals surface area contributed by atoms with Crippen molar-refractivity contribution in [3.05, 3.63) is 40.6 Å². The Morgan fingerprint density at radius 1 is 1.26 bits per heavy atom. The molecule has 0 radical (unpaired) electrons. The number of hydrazine groups is 1. The molecular formula is C24H37F3N6OS. The van der Waals surface area contributed by atoms with Gasteiger partial charge in [0, 0.05) is 50.7 Å². The van der Waals surface area contributed by atoms with Crippen LogP contribution in [0, 0.1) is 18.6 Å². The van der Waals surface area contributed by atoms with Crippen molar-refractivity contribution in [3.63, 3.8) is 0 Å². The molecule has 1 heterocycles. The second kappa shape index (κ2) is 14.9. The summed E-state index contributed by atoms with van der Waals surface area (Å²) in [5.74, 6) is -1.44. The Hall–Kier alpha value is -2.37. The first-order valence-corrected chi connectivity index (χ1v) is 12.4. The van der Waals surface area contributed by atoms with Gasteiger partial charge in [-0.05, 0) is 49.8 Å². The van der Waals surface area contributed by atoms with Gasteiger partial charge in [-0.25, -0.2) is 13.2 Å². The van der Waals surface area contributed by atoms with Gasteiger partial charge in [-0.3, -0.25) is 10.4 Å². The molecule has 1 aliphatic heterocycles. The number of aliphatic imine (C=N–C) groups is 1. The van der Waals surface area contributed by atoms with Crippen LogP contribution >= 0.6 is 12.2 Å². The van der Waals surface area contributed by atoms with Crippen molar-refractivity contribution in [2.45, 2.75) is 39.2 Å². The quantitative estimate of drug-likeness (QED) is 0.148. The standard InChI is InChI=1S/C24H37F3N6OS/c1-4-5-6-8-29-24(35)31-30-16-18(15-28-9-7-25)23(34)19-14-20(26)22(21(27)17(19)2)33-12-10-32(3)11-13-33/h14-16,23,30,34H,4-13H2,1-3H3,(H2,29,31,35). The Morgan fingerprint density at radius 2 is 1.97 bits per heavy atom. The molecule has 1 atom stereocenters. The first kappa shape index (κ1) is 28.9. The molecule has 0 spiro atoms. The van der Waals surface area contributed by atoms with E-state index in [2.05, 4.69) is 33.0 Å². The van der Waals surface area contributed by atoms with E-state index >= 15 is 8.78 Å². The first-order valence-electron chi connectivity index (χ1n) is 11.9. The van der Waals surface area contributed by atoms with E-state index in [-0.39, 0.29) is 28.9 Å². The van der Waals surface area contributed by atoms with Crippen LogP contribution in [0.15, 0.2) is 22.8 Å². The van der Waals surface area contributed by atoms with E-state index in [1.165, 1.54) is 19.3 Å². The Kier molecular flexibility index (Phi) is 12.3. The lowest BCUT2D eigenvalue weighted by molar-refractivity contribution is 0.219. The lowest BCUT2D eigenvalue weighted by atomic mass is 9.96. The predicted molar refractivity (Wildman–Crippen MR) is 140 cm³/mol. The van der Waals surface area contributed by atoms with Gasteiger partial charge in [-0.2, -0.15) is 0 Å². The van der Waals surface area contributed by atoms with Crippen LogP contribution < -0.4 is 21.1 Å². The van der Waals surface area contributed by atoms with Gasteiger partial charge < -0.3 is 25.6 Å². The molecule has 1 unspecified atom stereocenters. The van der Waals surface area contributed by atoms with E-state index in [1.54, 1.807) is 4.90 Å². The third-order valence-electron chi connectivity index (χ3n) is 5.85. The second-order valence-corrected chi connectivity index (χ2v) is 8.94. The van der Waals surface area contributed by atoms with E-state index in [9.17, 15) is 9.50 Å². The van der Waals surface area contributed by atoms with Gasteiger partial charge in [-0.1, -0.05) is 19.8 Å². The highest BCUT2D eigenvalue weighted by atomic mass is 32.1. The van der Waals surface area contributed by atoms with Crippen LogP contribution in [0.25, 0.3) is 0 Å². The van der Waals surface area contributed by atoms with Crippen LogP contribution in [-0.4, -0.2) is 74.3 Å². The number of aliphatic hydroxyl groups excluding tert-OH is 1. The topological polar surface area (TPSA) is 75.2 Å². The Labute approximate surface area is 211 Å². The molecule has 2 rings (SSSR count). The number of unbranched alkanes of at least 4 members (excludes halogenated alkanes) is 2. The van der Waals surface area contributed by atoms with Gasteiger partial charge in [-0.15, -0.1) is 0 Å². The first-order chi connectivity index (χ1) is 16.8. The van der Waals surface area contributed by atoms with Gasteiger partial charge in [0.2, 0.25) is 0 Å². The molecule has 1 aromatic carbocycles. The minimum absolute atomic E-state index is 0.0675. The average molecular weight is 515 g/mol. The summed E-state index contributed by atoms with van der Waals surface area (Å²) in [7, 11) is 1.96. The molecule has 0 amide bonds. The largest absolute Gasteiger partial charge is 0.384 e. The maximum absolute atomic E-state index is 15.3. The van der Waals surface area contributed by atoms with Crippen LogP contribution in [0.3, 0.4) is 0 Å². The molecule has 7 nitrogen and oxygen atoms in total.